The van der Waals surface area contributed by atoms with Crippen LogP contribution in [0.25, 0.3) is 5.57 Å². The molecular weight excluding hydrogens is 416 g/mol. The summed E-state index contributed by atoms with van der Waals surface area (Å²) >= 11 is 0. The predicted molar refractivity (Wildman–Crippen MR) is 128 cm³/mol. The van der Waals surface area contributed by atoms with Crippen molar-refractivity contribution in [2.75, 3.05) is 18.4 Å². The van der Waals surface area contributed by atoms with Gasteiger partial charge in [-0.05, 0) is 48.2 Å². The van der Waals surface area contributed by atoms with Crippen molar-refractivity contribution >= 4 is 23.1 Å². The average molecular weight is 443 g/mol. The number of anilines is 1. The third kappa shape index (κ3) is 5.63. The van der Waals surface area contributed by atoms with Gasteiger partial charge in [-0.2, -0.15) is 5.10 Å². The number of hydrogen-bond donors (Lipinski definition) is 1. The Balaban J connectivity index is 1.36. The predicted octanol–water partition coefficient (Wildman–Crippen LogP) is 3.51. The number of rotatable bonds is 6. The second kappa shape index (κ2) is 10.1. The standard InChI is InChI=1S/C26H26N4O3/c1-19-6-5-9-22(18-19)27-26(33)23-10-11-25(32)30(28-23)17-14-24(31)29-15-12-21(13-16-29)20-7-3-2-4-8-20/h2-12,18H,13-17H2,1H3,(H,27,33). The third-order valence-electron chi connectivity index (χ3n) is 5.62. The fraction of sp³-hybridized carbons (Fsp3) is 0.231. The summed E-state index contributed by atoms with van der Waals surface area (Å²) in [5, 5.41) is 6.95. The van der Waals surface area contributed by atoms with Crippen molar-refractivity contribution < 1.29 is 9.59 Å². The first-order valence-corrected chi connectivity index (χ1v) is 11.0. The summed E-state index contributed by atoms with van der Waals surface area (Å²) in [6, 6.07) is 20.3. The number of hydrogen-bond acceptors (Lipinski definition) is 4. The second-order valence-electron chi connectivity index (χ2n) is 8.04. The number of carbonyl (C=O) groups is 2. The molecule has 0 aliphatic carbocycles. The number of aryl methyl sites for hydroxylation is 2. The lowest BCUT2D eigenvalue weighted by Gasteiger charge is -2.26. The number of nitrogens with zero attached hydrogens (tertiary/aromatic N) is 3. The highest BCUT2D eigenvalue weighted by molar-refractivity contribution is 6.02. The monoisotopic (exact) mass is 442 g/mol. The summed E-state index contributed by atoms with van der Waals surface area (Å²) in [5.41, 5.74) is 3.87. The lowest BCUT2D eigenvalue weighted by molar-refractivity contribution is -0.131. The molecule has 1 aliphatic rings. The minimum Gasteiger partial charge on any atom is -0.339 e. The molecule has 0 saturated carbocycles. The van der Waals surface area contributed by atoms with Crippen LogP contribution < -0.4 is 10.9 Å². The molecule has 1 aromatic heterocycles. The van der Waals surface area contributed by atoms with Gasteiger partial charge in [-0.15, -0.1) is 0 Å². The first-order valence-electron chi connectivity index (χ1n) is 11.0. The van der Waals surface area contributed by atoms with Gasteiger partial charge in [0.25, 0.3) is 11.5 Å². The molecule has 7 heteroatoms. The Kier molecular flexibility index (Phi) is 6.78. The topological polar surface area (TPSA) is 84.3 Å². The molecule has 0 spiro atoms. The van der Waals surface area contributed by atoms with Crippen molar-refractivity contribution in [3.8, 4) is 0 Å². The fourth-order valence-corrected chi connectivity index (χ4v) is 3.82. The van der Waals surface area contributed by atoms with Gasteiger partial charge in [0.05, 0.1) is 6.54 Å². The molecule has 168 valence electrons. The Bertz CT molecular complexity index is 1250. The van der Waals surface area contributed by atoms with E-state index in [4.69, 9.17) is 0 Å². The lowest BCUT2D eigenvalue weighted by atomic mass is 9.99. The van der Waals surface area contributed by atoms with Gasteiger partial charge in [0, 0.05) is 31.3 Å². The smallest absolute Gasteiger partial charge is 0.276 e. The largest absolute Gasteiger partial charge is 0.339 e. The van der Waals surface area contributed by atoms with Crippen LogP contribution in [0.4, 0.5) is 5.69 Å². The molecule has 4 rings (SSSR count). The molecule has 3 aromatic rings. The summed E-state index contributed by atoms with van der Waals surface area (Å²) in [6.45, 7) is 3.24. The fourth-order valence-electron chi connectivity index (χ4n) is 3.82. The minimum absolute atomic E-state index is 0.0401. The molecule has 33 heavy (non-hydrogen) atoms. The Morgan fingerprint density at radius 1 is 1.03 bits per heavy atom. The zero-order valence-corrected chi connectivity index (χ0v) is 18.5. The molecule has 0 atom stereocenters. The van der Waals surface area contributed by atoms with Gasteiger partial charge in [-0.25, -0.2) is 4.68 Å². The Morgan fingerprint density at radius 2 is 1.85 bits per heavy atom. The van der Waals surface area contributed by atoms with E-state index in [0.29, 0.717) is 18.8 Å². The maximum Gasteiger partial charge on any atom is 0.276 e. The van der Waals surface area contributed by atoms with Gasteiger partial charge >= 0.3 is 0 Å². The van der Waals surface area contributed by atoms with Gasteiger partial charge in [-0.3, -0.25) is 14.4 Å². The summed E-state index contributed by atoms with van der Waals surface area (Å²) in [6.07, 6.45) is 3.02. The molecule has 2 heterocycles. The van der Waals surface area contributed by atoms with E-state index >= 15 is 0 Å². The van der Waals surface area contributed by atoms with Crippen LogP contribution in [0.2, 0.25) is 0 Å². The van der Waals surface area contributed by atoms with Crippen molar-refractivity contribution in [3.05, 3.63) is 100.0 Å². The van der Waals surface area contributed by atoms with E-state index in [-0.39, 0.29) is 30.1 Å². The van der Waals surface area contributed by atoms with Crippen LogP contribution in [-0.2, 0) is 11.3 Å². The Hall–Kier alpha value is -4.00. The van der Waals surface area contributed by atoms with Gasteiger partial charge in [0.15, 0.2) is 0 Å². The van der Waals surface area contributed by atoms with Crippen LogP contribution in [0, 0.1) is 6.92 Å². The van der Waals surface area contributed by atoms with E-state index in [9.17, 15) is 14.4 Å². The van der Waals surface area contributed by atoms with Crippen LogP contribution in [0.1, 0.15) is 34.5 Å². The highest BCUT2D eigenvalue weighted by Crippen LogP contribution is 2.22. The highest BCUT2D eigenvalue weighted by atomic mass is 16.2. The van der Waals surface area contributed by atoms with Crippen molar-refractivity contribution in [3.63, 3.8) is 0 Å². The first-order chi connectivity index (χ1) is 16.0. The molecule has 2 amide bonds. The quantitative estimate of drug-likeness (QED) is 0.633. The molecule has 1 aliphatic heterocycles. The molecule has 2 aromatic carbocycles. The van der Waals surface area contributed by atoms with E-state index in [1.807, 2.05) is 43.3 Å². The van der Waals surface area contributed by atoms with Gasteiger partial charge in [0.2, 0.25) is 5.91 Å². The lowest BCUT2D eigenvalue weighted by Crippen LogP contribution is -2.36. The number of benzene rings is 2. The molecule has 7 nitrogen and oxygen atoms in total. The van der Waals surface area contributed by atoms with Crippen molar-refractivity contribution in [2.45, 2.75) is 26.3 Å². The van der Waals surface area contributed by atoms with Crippen LogP contribution in [0.3, 0.4) is 0 Å². The maximum absolute atomic E-state index is 12.7. The summed E-state index contributed by atoms with van der Waals surface area (Å²) in [5.74, 6) is -0.447. The number of carbonyl (C=O) groups excluding carboxylic acids is 2. The van der Waals surface area contributed by atoms with Crippen LogP contribution >= 0.6 is 0 Å². The summed E-state index contributed by atoms with van der Waals surface area (Å²) < 4.78 is 1.18. The molecular formula is C26H26N4O3. The molecule has 0 radical (unpaired) electrons. The van der Waals surface area contributed by atoms with E-state index in [0.717, 1.165) is 12.0 Å². The van der Waals surface area contributed by atoms with E-state index in [2.05, 4.69) is 28.6 Å². The Morgan fingerprint density at radius 3 is 2.58 bits per heavy atom. The zero-order chi connectivity index (χ0) is 23.2. The average Bonchev–Trinajstić information content (AvgIpc) is 2.84. The third-order valence-corrected chi connectivity index (χ3v) is 5.62. The van der Waals surface area contributed by atoms with Gasteiger partial charge in [0.1, 0.15) is 5.69 Å². The molecule has 0 fully saturated rings. The van der Waals surface area contributed by atoms with Crippen molar-refractivity contribution in [2.24, 2.45) is 0 Å². The van der Waals surface area contributed by atoms with E-state index < -0.39 is 5.91 Å². The van der Waals surface area contributed by atoms with E-state index in [1.165, 1.54) is 28.0 Å². The zero-order valence-electron chi connectivity index (χ0n) is 18.5. The van der Waals surface area contributed by atoms with Crippen LogP contribution in [0.15, 0.2) is 77.6 Å². The SMILES string of the molecule is Cc1cccc(NC(=O)c2ccc(=O)n(CCC(=O)N3CC=C(c4ccccc4)CC3)n2)c1. The van der Waals surface area contributed by atoms with Crippen molar-refractivity contribution in [1.82, 2.24) is 14.7 Å². The van der Waals surface area contributed by atoms with Crippen LogP contribution in [0.5, 0.6) is 0 Å². The molecule has 0 saturated heterocycles. The summed E-state index contributed by atoms with van der Waals surface area (Å²) in [4.78, 5) is 39.2. The first kappa shape index (κ1) is 22.2. The number of nitrogens with one attached hydrogen (secondary N) is 1. The van der Waals surface area contributed by atoms with E-state index in [1.54, 1.807) is 11.0 Å². The normalized spacial score (nSPS) is 13.4. The molecule has 0 bridgehead atoms. The van der Waals surface area contributed by atoms with Crippen molar-refractivity contribution in [1.29, 1.82) is 0 Å². The second-order valence-corrected chi connectivity index (χ2v) is 8.04. The number of amides is 2. The summed E-state index contributed by atoms with van der Waals surface area (Å²) in [7, 11) is 0. The van der Waals surface area contributed by atoms with Gasteiger partial charge < -0.3 is 10.2 Å². The Labute approximate surface area is 192 Å². The van der Waals surface area contributed by atoms with Gasteiger partial charge in [-0.1, -0.05) is 48.5 Å². The highest BCUT2D eigenvalue weighted by Gasteiger charge is 2.18. The molecule has 0 unspecified atom stereocenters. The molecule has 1 N–H and O–H groups in total. The van der Waals surface area contributed by atoms with Crippen LogP contribution in [-0.4, -0.2) is 39.6 Å². The minimum atomic E-state index is -0.407. The maximum atomic E-state index is 12.7. The number of aromatic nitrogens is 2.